The van der Waals surface area contributed by atoms with E-state index in [0.717, 1.165) is 0 Å². The van der Waals surface area contributed by atoms with Gasteiger partial charge in [-0.15, -0.1) is 0 Å². The van der Waals surface area contributed by atoms with Gasteiger partial charge in [-0.3, -0.25) is 4.79 Å². The summed E-state index contributed by atoms with van der Waals surface area (Å²) in [7, 11) is 0. The largest absolute Gasteiger partial charge is 0.481 e. The predicted octanol–water partition coefficient (Wildman–Crippen LogP) is 0.291. The molecular weight excluding hydrogens is 226 g/mol. The van der Waals surface area contributed by atoms with Gasteiger partial charge < -0.3 is 19.8 Å². The van der Waals surface area contributed by atoms with E-state index in [1.807, 2.05) is 0 Å². The van der Waals surface area contributed by atoms with E-state index in [0.29, 0.717) is 25.4 Å². The third-order valence-electron chi connectivity index (χ3n) is 2.61. The van der Waals surface area contributed by atoms with Gasteiger partial charge in [-0.2, -0.15) is 0 Å². The number of carbonyl (C=O) groups excluding carboxylic acids is 1. The maximum atomic E-state index is 11.6. The minimum atomic E-state index is -0.822. The first kappa shape index (κ1) is 11.4. The van der Waals surface area contributed by atoms with Crippen LogP contribution in [0.15, 0.2) is 16.8 Å². The summed E-state index contributed by atoms with van der Waals surface area (Å²) in [5, 5.41) is 14.7. The van der Waals surface area contributed by atoms with Crippen molar-refractivity contribution in [3.8, 4) is 0 Å². The summed E-state index contributed by atoms with van der Waals surface area (Å²) < 4.78 is 4.83. The molecule has 1 aliphatic heterocycles. The second-order valence-electron chi connectivity index (χ2n) is 4.01. The van der Waals surface area contributed by atoms with E-state index in [4.69, 9.17) is 9.63 Å². The molecule has 0 spiro atoms. The van der Waals surface area contributed by atoms with Crippen LogP contribution in [0.4, 0.5) is 4.79 Å². The molecule has 2 rings (SSSR count). The second-order valence-corrected chi connectivity index (χ2v) is 4.01. The molecule has 1 aromatic rings. The summed E-state index contributed by atoms with van der Waals surface area (Å²) in [4.78, 5) is 23.6. The minimum Gasteiger partial charge on any atom is -0.481 e. The maximum absolute atomic E-state index is 11.6. The number of aliphatic carboxylic acids is 1. The summed E-state index contributed by atoms with van der Waals surface area (Å²) in [6, 6.07) is 1.46. The Morgan fingerprint density at radius 2 is 2.35 bits per heavy atom. The molecule has 0 aliphatic carbocycles. The van der Waals surface area contributed by atoms with Crippen LogP contribution in [0.5, 0.6) is 0 Å². The third kappa shape index (κ3) is 2.96. The van der Waals surface area contributed by atoms with Gasteiger partial charge in [0.15, 0.2) is 5.76 Å². The Morgan fingerprint density at radius 3 is 2.94 bits per heavy atom. The van der Waals surface area contributed by atoms with E-state index in [-0.39, 0.29) is 18.4 Å². The van der Waals surface area contributed by atoms with Crippen LogP contribution in [0.3, 0.4) is 0 Å². The van der Waals surface area contributed by atoms with E-state index in [1.165, 1.54) is 6.20 Å². The lowest BCUT2D eigenvalue weighted by atomic mass is 9.97. The second kappa shape index (κ2) is 4.86. The standard InChI is InChI=1S/C10H13N3O4/c14-9(15)3-7-5-13(6-7)10(16)11-4-8-1-2-12-17-8/h1-2,7H,3-6H2,(H,11,16)(H,14,15). The van der Waals surface area contributed by atoms with Gasteiger partial charge in [-0.25, -0.2) is 4.79 Å². The van der Waals surface area contributed by atoms with Gasteiger partial charge in [0.1, 0.15) is 0 Å². The molecule has 92 valence electrons. The number of urea groups is 1. The zero-order valence-corrected chi connectivity index (χ0v) is 9.13. The van der Waals surface area contributed by atoms with E-state index >= 15 is 0 Å². The number of nitrogens with zero attached hydrogens (tertiary/aromatic N) is 2. The van der Waals surface area contributed by atoms with Crippen molar-refractivity contribution < 1.29 is 19.2 Å². The molecule has 17 heavy (non-hydrogen) atoms. The van der Waals surface area contributed by atoms with Crippen molar-refractivity contribution in [2.75, 3.05) is 13.1 Å². The van der Waals surface area contributed by atoms with Crippen LogP contribution >= 0.6 is 0 Å². The molecule has 0 saturated carbocycles. The Bertz CT molecular complexity index is 398. The molecule has 0 aromatic carbocycles. The number of hydrogen-bond donors (Lipinski definition) is 2. The SMILES string of the molecule is O=C(O)CC1CN(C(=O)NCc2ccno2)C1. The first-order valence-electron chi connectivity index (χ1n) is 5.29. The fourth-order valence-electron chi connectivity index (χ4n) is 1.72. The Labute approximate surface area is 97.4 Å². The van der Waals surface area contributed by atoms with Crippen LogP contribution in [0.2, 0.25) is 0 Å². The van der Waals surface area contributed by atoms with Gasteiger partial charge in [0, 0.05) is 25.1 Å². The van der Waals surface area contributed by atoms with Gasteiger partial charge in [0.2, 0.25) is 0 Å². The van der Waals surface area contributed by atoms with Crippen molar-refractivity contribution in [3.05, 3.63) is 18.0 Å². The molecule has 2 heterocycles. The minimum absolute atomic E-state index is 0.0727. The molecule has 0 unspecified atom stereocenters. The number of nitrogens with one attached hydrogen (secondary N) is 1. The van der Waals surface area contributed by atoms with Crippen LogP contribution in [0.25, 0.3) is 0 Å². The molecule has 7 nitrogen and oxygen atoms in total. The summed E-state index contributed by atoms with van der Waals surface area (Å²) in [5.41, 5.74) is 0. The summed E-state index contributed by atoms with van der Waals surface area (Å²) in [5.74, 6) is -0.166. The van der Waals surface area contributed by atoms with Gasteiger partial charge in [0.05, 0.1) is 19.2 Å². The first-order chi connectivity index (χ1) is 8.15. The molecular formula is C10H13N3O4. The van der Waals surface area contributed by atoms with Gasteiger partial charge in [-0.05, 0) is 0 Å². The number of carboxylic acids is 1. The zero-order valence-electron chi connectivity index (χ0n) is 9.13. The number of amides is 2. The molecule has 1 aliphatic rings. The van der Waals surface area contributed by atoms with E-state index in [9.17, 15) is 9.59 Å². The van der Waals surface area contributed by atoms with Crippen LogP contribution in [-0.2, 0) is 11.3 Å². The Morgan fingerprint density at radius 1 is 1.59 bits per heavy atom. The number of carboxylic acid groups (broad SMARTS) is 1. The summed E-state index contributed by atoms with van der Waals surface area (Å²) in [6.45, 7) is 1.28. The van der Waals surface area contributed by atoms with Crippen LogP contribution in [-0.4, -0.2) is 40.3 Å². The maximum Gasteiger partial charge on any atom is 0.317 e. The number of aromatic nitrogens is 1. The van der Waals surface area contributed by atoms with Crippen molar-refractivity contribution in [1.82, 2.24) is 15.4 Å². The molecule has 2 N–H and O–H groups in total. The lowest BCUT2D eigenvalue weighted by Gasteiger charge is -2.38. The smallest absolute Gasteiger partial charge is 0.317 e. The third-order valence-corrected chi connectivity index (χ3v) is 2.61. The molecule has 0 atom stereocenters. The molecule has 1 fully saturated rings. The average molecular weight is 239 g/mol. The quantitative estimate of drug-likeness (QED) is 0.787. The number of rotatable bonds is 4. The fourth-order valence-corrected chi connectivity index (χ4v) is 1.72. The van der Waals surface area contributed by atoms with Crippen LogP contribution in [0.1, 0.15) is 12.2 Å². The highest BCUT2D eigenvalue weighted by molar-refractivity contribution is 5.75. The predicted molar refractivity (Wildman–Crippen MR) is 56.1 cm³/mol. The normalized spacial score (nSPS) is 15.4. The number of likely N-dealkylation sites (tertiary alicyclic amines) is 1. The monoisotopic (exact) mass is 239 g/mol. The van der Waals surface area contributed by atoms with Crippen LogP contribution < -0.4 is 5.32 Å². The summed E-state index contributed by atoms with van der Waals surface area (Å²) >= 11 is 0. The van der Waals surface area contributed by atoms with E-state index in [1.54, 1.807) is 11.0 Å². The first-order valence-corrected chi connectivity index (χ1v) is 5.29. The number of carbonyl (C=O) groups is 2. The van der Waals surface area contributed by atoms with Crippen LogP contribution in [0, 0.1) is 5.92 Å². The Balaban J connectivity index is 1.67. The number of hydrogen-bond acceptors (Lipinski definition) is 4. The molecule has 0 bridgehead atoms. The van der Waals surface area contributed by atoms with Crippen molar-refractivity contribution in [1.29, 1.82) is 0 Å². The van der Waals surface area contributed by atoms with Gasteiger partial charge >= 0.3 is 12.0 Å². The topological polar surface area (TPSA) is 95.7 Å². The molecule has 7 heteroatoms. The Kier molecular flexibility index (Phi) is 3.27. The average Bonchev–Trinajstić information content (AvgIpc) is 2.71. The van der Waals surface area contributed by atoms with Crippen molar-refractivity contribution in [2.45, 2.75) is 13.0 Å². The highest BCUT2D eigenvalue weighted by Gasteiger charge is 2.31. The lowest BCUT2D eigenvalue weighted by molar-refractivity contribution is -0.139. The Hall–Kier alpha value is -2.05. The molecule has 2 amide bonds. The molecule has 1 aromatic heterocycles. The fraction of sp³-hybridized carbons (Fsp3) is 0.500. The molecule has 0 radical (unpaired) electrons. The van der Waals surface area contributed by atoms with Crippen molar-refractivity contribution in [3.63, 3.8) is 0 Å². The highest BCUT2D eigenvalue weighted by Crippen LogP contribution is 2.18. The van der Waals surface area contributed by atoms with Crippen molar-refractivity contribution >= 4 is 12.0 Å². The van der Waals surface area contributed by atoms with E-state index in [2.05, 4.69) is 10.5 Å². The highest BCUT2D eigenvalue weighted by atomic mass is 16.5. The summed E-state index contributed by atoms with van der Waals surface area (Å²) in [6.07, 6.45) is 1.62. The van der Waals surface area contributed by atoms with Crippen molar-refractivity contribution in [2.24, 2.45) is 5.92 Å². The molecule has 1 saturated heterocycles. The van der Waals surface area contributed by atoms with Gasteiger partial charge in [-0.1, -0.05) is 5.16 Å². The lowest BCUT2D eigenvalue weighted by Crippen LogP contribution is -2.54. The van der Waals surface area contributed by atoms with E-state index < -0.39 is 5.97 Å². The zero-order chi connectivity index (χ0) is 12.3. The van der Waals surface area contributed by atoms with Gasteiger partial charge in [0.25, 0.3) is 0 Å².